The molecule has 1 heterocycles. The van der Waals surface area contributed by atoms with Gasteiger partial charge in [0.15, 0.2) is 11.5 Å². The van der Waals surface area contributed by atoms with E-state index in [-0.39, 0.29) is 25.0 Å². The SMILES string of the molecule is COc1cc2c(cc1OC)C(c1ccc(OCCO)cc1)CC(=O)N2. The minimum atomic E-state index is -0.0737. The summed E-state index contributed by atoms with van der Waals surface area (Å²) in [6, 6.07) is 11.3. The summed E-state index contributed by atoms with van der Waals surface area (Å²) in [6.07, 6.45) is 0.360. The zero-order valence-corrected chi connectivity index (χ0v) is 14.2. The van der Waals surface area contributed by atoms with E-state index in [1.54, 1.807) is 20.3 Å². The van der Waals surface area contributed by atoms with Crippen molar-refractivity contribution >= 4 is 11.6 Å². The van der Waals surface area contributed by atoms with E-state index in [1.165, 1.54) is 0 Å². The molecule has 0 radical (unpaired) electrons. The Balaban J connectivity index is 1.96. The predicted octanol–water partition coefficient (Wildman–Crippen LogP) is 2.55. The number of carbonyl (C=O) groups is 1. The smallest absolute Gasteiger partial charge is 0.225 e. The Kier molecular flexibility index (Phi) is 5.09. The van der Waals surface area contributed by atoms with Crippen LogP contribution in [0.2, 0.25) is 0 Å². The number of hydrogen-bond donors (Lipinski definition) is 2. The van der Waals surface area contributed by atoms with Crippen molar-refractivity contribution in [3.05, 3.63) is 47.5 Å². The van der Waals surface area contributed by atoms with E-state index in [0.29, 0.717) is 23.7 Å². The lowest BCUT2D eigenvalue weighted by Gasteiger charge is -2.27. The summed E-state index contributed by atoms with van der Waals surface area (Å²) in [6.45, 7) is 0.227. The number of benzene rings is 2. The van der Waals surface area contributed by atoms with Crippen LogP contribution in [-0.4, -0.2) is 38.4 Å². The van der Waals surface area contributed by atoms with Gasteiger partial charge in [-0.05, 0) is 29.3 Å². The van der Waals surface area contributed by atoms with Gasteiger partial charge in [0.05, 0.1) is 20.8 Å². The molecule has 6 nitrogen and oxygen atoms in total. The number of rotatable bonds is 6. The van der Waals surface area contributed by atoms with E-state index in [0.717, 1.165) is 16.8 Å². The van der Waals surface area contributed by atoms with Crippen LogP contribution in [0.5, 0.6) is 17.2 Å². The van der Waals surface area contributed by atoms with Crippen LogP contribution in [0.1, 0.15) is 23.5 Å². The van der Waals surface area contributed by atoms with Crippen LogP contribution < -0.4 is 19.5 Å². The van der Waals surface area contributed by atoms with Gasteiger partial charge in [-0.25, -0.2) is 0 Å². The van der Waals surface area contributed by atoms with Crippen molar-refractivity contribution in [3.63, 3.8) is 0 Å². The normalized spacial score (nSPS) is 16.0. The molecule has 0 aliphatic carbocycles. The second kappa shape index (κ2) is 7.44. The second-order valence-corrected chi connectivity index (χ2v) is 5.74. The lowest BCUT2D eigenvalue weighted by Crippen LogP contribution is -2.23. The molecule has 0 spiro atoms. The average molecular weight is 343 g/mol. The number of aliphatic hydroxyl groups is 1. The van der Waals surface area contributed by atoms with E-state index < -0.39 is 0 Å². The van der Waals surface area contributed by atoms with Gasteiger partial charge in [-0.15, -0.1) is 0 Å². The molecule has 1 atom stereocenters. The molecule has 2 N–H and O–H groups in total. The first-order chi connectivity index (χ1) is 12.2. The van der Waals surface area contributed by atoms with Crippen LogP contribution in [0.4, 0.5) is 5.69 Å². The van der Waals surface area contributed by atoms with Crippen LogP contribution in [-0.2, 0) is 4.79 Å². The highest BCUT2D eigenvalue weighted by Gasteiger charge is 2.28. The zero-order chi connectivity index (χ0) is 17.8. The molecule has 0 aromatic heterocycles. The lowest BCUT2D eigenvalue weighted by atomic mass is 9.84. The molecule has 1 aliphatic heterocycles. The fourth-order valence-electron chi connectivity index (χ4n) is 3.05. The number of amides is 1. The quantitative estimate of drug-likeness (QED) is 0.843. The Hall–Kier alpha value is -2.73. The molecule has 2 aromatic rings. The van der Waals surface area contributed by atoms with Gasteiger partial charge in [0.1, 0.15) is 12.4 Å². The Morgan fingerprint density at radius 1 is 1.12 bits per heavy atom. The van der Waals surface area contributed by atoms with Crippen molar-refractivity contribution in [1.82, 2.24) is 0 Å². The summed E-state index contributed by atoms with van der Waals surface area (Å²) in [5, 5.41) is 11.7. The maximum atomic E-state index is 12.1. The summed E-state index contributed by atoms with van der Waals surface area (Å²) in [4.78, 5) is 12.1. The second-order valence-electron chi connectivity index (χ2n) is 5.74. The molecular weight excluding hydrogens is 322 g/mol. The van der Waals surface area contributed by atoms with E-state index in [9.17, 15) is 4.79 Å². The fraction of sp³-hybridized carbons (Fsp3) is 0.316. The van der Waals surface area contributed by atoms with Gasteiger partial charge in [-0.1, -0.05) is 12.1 Å². The Bertz CT molecular complexity index is 757. The first kappa shape index (κ1) is 17.1. The Morgan fingerprint density at radius 2 is 1.80 bits per heavy atom. The van der Waals surface area contributed by atoms with Gasteiger partial charge in [0.2, 0.25) is 5.91 Å². The minimum absolute atomic E-state index is 0.0282. The molecule has 1 amide bonds. The van der Waals surface area contributed by atoms with Crippen LogP contribution in [0.3, 0.4) is 0 Å². The summed E-state index contributed by atoms with van der Waals surface area (Å²) in [5.41, 5.74) is 2.74. The summed E-state index contributed by atoms with van der Waals surface area (Å²) in [5.74, 6) is 1.78. The third-order valence-electron chi connectivity index (χ3n) is 4.24. The van der Waals surface area contributed by atoms with Gasteiger partial charge in [-0.2, -0.15) is 0 Å². The lowest BCUT2D eigenvalue weighted by molar-refractivity contribution is -0.116. The number of methoxy groups -OCH3 is 2. The van der Waals surface area contributed by atoms with E-state index in [4.69, 9.17) is 19.3 Å². The van der Waals surface area contributed by atoms with Crippen molar-refractivity contribution in [3.8, 4) is 17.2 Å². The Morgan fingerprint density at radius 3 is 2.44 bits per heavy atom. The topological polar surface area (TPSA) is 77.0 Å². The molecule has 0 saturated heterocycles. The number of hydrogen-bond acceptors (Lipinski definition) is 5. The number of fused-ring (bicyclic) bond motifs is 1. The van der Waals surface area contributed by atoms with Gasteiger partial charge in [0.25, 0.3) is 0 Å². The molecule has 2 aromatic carbocycles. The highest BCUT2D eigenvalue weighted by atomic mass is 16.5. The van der Waals surface area contributed by atoms with E-state index >= 15 is 0 Å². The number of aliphatic hydroxyl groups excluding tert-OH is 1. The molecular formula is C19H21NO5. The van der Waals surface area contributed by atoms with Crippen LogP contribution in [0.15, 0.2) is 36.4 Å². The minimum Gasteiger partial charge on any atom is -0.493 e. The molecule has 0 fully saturated rings. The molecule has 1 unspecified atom stereocenters. The van der Waals surface area contributed by atoms with Crippen LogP contribution >= 0.6 is 0 Å². The standard InChI is InChI=1S/C19H21NO5/c1-23-17-9-15-14(10-19(22)20-16(15)11-18(17)24-2)12-3-5-13(6-4-12)25-8-7-21/h3-6,9,11,14,21H,7-8,10H2,1-2H3,(H,20,22). The molecule has 6 heteroatoms. The molecule has 0 bridgehead atoms. The summed E-state index contributed by atoms with van der Waals surface area (Å²) < 4.78 is 16.1. The molecule has 1 aliphatic rings. The number of anilines is 1. The third kappa shape index (κ3) is 3.53. The average Bonchev–Trinajstić information content (AvgIpc) is 2.65. The van der Waals surface area contributed by atoms with E-state index in [2.05, 4.69) is 5.32 Å². The fourth-order valence-corrected chi connectivity index (χ4v) is 3.05. The molecule has 25 heavy (non-hydrogen) atoms. The number of carbonyl (C=O) groups excluding carboxylic acids is 1. The van der Waals surface area contributed by atoms with Gasteiger partial charge >= 0.3 is 0 Å². The summed E-state index contributed by atoms with van der Waals surface area (Å²) in [7, 11) is 3.16. The molecule has 132 valence electrons. The predicted molar refractivity (Wildman–Crippen MR) is 93.7 cm³/mol. The van der Waals surface area contributed by atoms with Gasteiger partial charge < -0.3 is 24.6 Å². The zero-order valence-electron chi connectivity index (χ0n) is 14.2. The van der Waals surface area contributed by atoms with Crippen LogP contribution in [0, 0.1) is 0 Å². The maximum absolute atomic E-state index is 12.1. The van der Waals surface area contributed by atoms with Gasteiger partial charge in [-0.3, -0.25) is 4.79 Å². The van der Waals surface area contributed by atoms with E-state index in [1.807, 2.05) is 30.3 Å². The molecule has 0 saturated carbocycles. The van der Waals surface area contributed by atoms with Crippen molar-refractivity contribution in [2.75, 3.05) is 32.8 Å². The summed E-state index contributed by atoms with van der Waals surface area (Å²) >= 11 is 0. The van der Waals surface area contributed by atoms with Crippen molar-refractivity contribution in [2.24, 2.45) is 0 Å². The van der Waals surface area contributed by atoms with Crippen molar-refractivity contribution in [1.29, 1.82) is 0 Å². The first-order valence-electron chi connectivity index (χ1n) is 8.05. The highest BCUT2D eigenvalue weighted by molar-refractivity contribution is 5.96. The number of nitrogens with one attached hydrogen (secondary N) is 1. The highest BCUT2D eigenvalue weighted by Crippen LogP contribution is 2.43. The maximum Gasteiger partial charge on any atom is 0.225 e. The first-order valence-corrected chi connectivity index (χ1v) is 8.05. The van der Waals surface area contributed by atoms with Crippen molar-refractivity contribution in [2.45, 2.75) is 12.3 Å². The van der Waals surface area contributed by atoms with Gasteiger partial charge in [0, 0.05) is 24.1 Å². The Labute approximate surface area is 146 Å². The van der Waals surface area contributed by atoms with Crippen LogP contribution in [0.25, 0.3) is 0 Å². The van der Waals surface area contributed by atoms with Crippen molar-refractivity contribution < 1.29 is 24.1 Å². The number of ether oxygens (including phenoxy) is 3. The largest absolute Gasteiger partial charge is 0.493 e. The molecule has 3 rings (SSSR count). The third-order valence-corrected chi connectivity index (χ3v) is 4.24. The monoisotopic (exact) mass is 343 g/mol.